The summed E-state index contributed by atoms with van der Waals surface area (Å²) in [5.74, 6) is 0. The fraction of sp³-hybridized carbons (Fsp3) is 1.00. The molecule has 2 atom stereocenters. The lowest BCUT2D eigenvalue weighted by Crippen LogP contribution is -1.96. The third kappa shape index (κ3) is 13.3. The summed E-state index contributed by atoms with van der Waals surface area (Å²) >= 11 is 0. The fourth-order valence-electron chi connectivity index (χ4n) is 2.18. The first-order valence-corrected chi connectivity index (χ1v) is 12.4. The highest BCUT2D eigenvalue weighted by Crippen LogP contribution is 2.39. The molecular formula is C16H36P2. The Labute approximate surface area is 119 Å². The Hall–Kier alpha value is 0.860. The zero-order valence-electron chi connectivity index (χ0n) is 13.4. The smallest absolute Gasteiger partial charge is 0.0289 e. The van der Waals surface area contributed by atoms with Crippen molar-refractivity contribution in [2.45, 2.75) is 65.2 Å². The predicted octanol–water partition coefficient (Wildman–Crippen LogP) is 6.37. The third-order valence-corrected chi connectivity index (χ3v) is 8.14. The highest BCUT2D eigenvalue weighted by atomic mass is 31.1. The number of hydrogen-bond acceptors (Lipinski definition) is 0. The van der Waals surface area contributed by atoms with Crippen LogP contribution in [0.25, 0.3) is 0 Å². The molecule has 0 nitrogen and oxygen atoms in total. The van der Waals surface area contributed by atoms with Gasteiger partial charge >= 0.3 is 0 Å². The Bertz CT molecular complexity index is 141. The van der Waals surface area contributed by atoms with Gasteiger partial charge in [-0.2, -0.15) is 0 Å². The van der Waals surface area contributed by atoms with Crippen LogP contribution in [0.5, 0.6) is 0 Å². The molecule has 0 aromatic rings. The van der Waals surface area contributed by atoms with Crippen LogP contribution in [-0.4, -0.2) is 38.0 Å². The number of unbranched alkanes of at least 4 members (excludes halogenated alkanes) is 6. The maximum Gasteiger partial charge on any atom is -0.0289 e. The van der Waals surface area contributed by atoms with Gasteiger partial charge in [-0.1, -0.05) is 52.4 Å². The van der Waals surface area contributed by atoms with Crippen LogP contribution >= 0.6 is 15.8 Å². The van der Waals surface area contributed by atoms with Gasteiger partial charge in [0.2, 0.25) is 0 Å². The molecule has 0 heterocycles. The Kier molecular flexibility index (Phi) is 15.0. The number of hydrogen-bond donors (Lipinski definition) is 0. The van der Waals surface area contributed by atoms with Crippen LogP contribution in [0, 0.1) is 0 Å². The molecule has 18 heavy (non-hydrogen) atoms. The molecule has 0 saturated carbocycles. The van der Waals surface area contributed by atoms with E-state index in [1.165, 1.54) is 63.7 Å². The Morgan fingerprint density at radius 1 is 0.500 bits per heavy atom. The largest absolute Gasteiger partial charge is 0.110 e. The molecule has 0 amide bonds. The lowest BCUT2D eigenvalue weighted by Gasteiger charge is -2.16. The van der Waals surface area contributed by atoms with Crippen LogP contribution in [0.15, 0.2) is 0 Å². The van der Waals surface area contributed by atoms with Crippen molar-refractivity contribution in [3.05, 3.63) is 0 Å². The van der Waals surface area contributed by atoms with Crippen LogP contribution in [0.1, 0.15) is 65.2 Å². The summed E-state index contributed by atoms with van der Waals surface area (Å²) in [4.78, 5) is 0. The first-order valence-electron chi connectivity index (χ1n) is 8.07. The van der Waals surface area contributed by atoms with Gasteiger partial charge in [0.25, 0.3) is 0 Å². The molecule has 0 aliphatic carbocycles. The van der Waals surface area contributed by atoms with Gasteiger partial charge in [0.15, 0.2) is 0 Å². The van der Waals surface area contributed by atoms with Crippen molar-refractivity contribution in [3.8, 4) is 0 Å². The Morgan fingerprint density at radius 2 is 0.889 bits per heavy atom. The van der Waals surface area contributed by atoms with Crippen molar-refractivity contribution in [2.75, 3.05) is 38.0 Å². The quantitative estimate of drug-likeness (QED) is 0.273. The maximum atomic E-state index is 2.53. The highest BCUT2D eigenvalue weighted by molar-refractivity contribution is 7.60. The van der Waals surface area contributed by atoms with Gasteiger partial charge in [-0.15, -0.1) is 15.8 Å². The van der Waals surface area contributed by atoms with E-state index in [-0.39, 0.29) is 0 Å². The van der Waals surface area contributed by atoms with E-state index < -0.39 is 0 Å². The zero-order chi connectivity index (χ0) is 13.6. The molecule has 0 bridgehead atoms. The predicted molar refractivity (Wildman–Crippen MR) is 93.4 cm³/mol. The molecule has 0 spiro atoms. The van der Waals surface area contributed by atoms with Gasteiger partial charge in [-0.25, -0.2) is 0 Å². The molecular weight excluding hydrogens is 254 g/mol. The second-order valence-corrected chi connectivity index (χ2v) is 10.9. The molecule has 0 fully saturated rings. The van der Waals surface area contributed by atoms with E-state index in [0.717, 1.165) is 0 Å². The van der Waals surface area contributed by atoms with Gasteiger partial charge in [0.05, 0.1) is 0 Å². The lowest BCUT2D eigenvalue weighted by atomic mass is 10.2. The van der Waals surface area contributed by atoms with E-state index in [9.17, 15) is 0 Å². The number of rotatable bonds is 13. The van der Waals surface area contributed by atoms with Gasteiger partial charge in [0, 0.05) is 0 Å². The van der Waals surface area contributed by atoms with Crippen molar-refractivity contribution in [1.82, 2.24) is 0 Å². The Morgan fingerprint density at radius 3 is 1.22 bits per heavy atom. The first kappa shape index (κ1) is 18.9. The molecule has 110 valence electrons. The Balaban J connectivity index is 3.32. The second-order valence-electron chi connectivity index (χ2n) is 5.73. The maximum absolute atomic E-state index is 2.53. The molecule has 0 N–H and O–H groups in total. The lowest BCUT2D eigenvalue weighted by molar-refractivity contribution is 0.704. The van der Waals surface area contributed by atoms with Crippen molar-refractivity contribution in [1.29, 1.82) is 0 Å². The average molecular weight is 290 g/mol. The molecule has 0 saturated heterocycles. The molecule has 2 heteroatoms. The van der Waals surface area contributed by atoms with E-state index >= 15 is 0 Å². The average Bonchev–Trinajstić information content (AvgIpc) is 2.37. The fourth-order valence-corrected chi connectivity index (χ4v) is 6.89. The van der Waals surface area contributed by atoms with Crippen LogP contribution in [0.2, 0.25) is 0 Å². The van der Waals surface area contributed by atoms with Crippen LogP contribution in [0.3, 0.4) is 0 Å². The summed E-state index contributed by atoms with van der Waals surface area (Å²) in [6.45, 7) is 9.66. The van der Waals surface area contributed by atoms with E-state index in [1.807, 2.05) is 0 Å². The van der Waals surface area contributed by atoms with Gasteiger partial charge in [0.1, 0.15) is 0 Å². The minimum atomic E-state index is 0.365. The van der Waals surface area contributed by atoms with Gasteiger partial charge in [-0.3, -0.25) is 0 Å². The highest BCUT2D eigenvalue weighted by Gasteiger charge is 2.05. The van der Waals surface area contributed by atoms with Crippen molar-refractivity contribution < 1.29 is 0 Å². The summed E-state index contributed by atoms with van der Waals surface area (Å²) < 4.78 is 0. The third-order valence-electron chi connectivity index (χ3n) is 3.65. The van der Waals surface area contributed by atoms with Crippen LogP contribution in [0.4, 0.5) is 0 Å². The van der Waals surface area contributed by atoms with Crippen molar-refractivity contribution in [2.24, 2.45) is 0 Å². The molecule has 0 radical (unpaired) electrons. The summed E-state index contributed by atoms with van der Waals surface area (Å²) in [7, 11) is 0.730. The van der Waals surface area contributed by atoms with Crippen LogP contribution < -0.4 is 0 Å². The summed E-state index contributed by atoms with van der Waals surface area (Å²) in [6, 6.07) is 0. The molecule has 0 aromatic heterocycles. The SMILES string of the molecule is CCCCCCP(C)CCP(C)CCCCCC. The van der Waals surface area contributed by atoms with E-state index in [4.69, 9.17) is 0 Å². The topological polar surface area (TPSA) is 0 Å². The monoisotopic (exact) mass is 290 g/mol. The van der Waals surface area contributed by atoms with Crippen molar-refractivity contribution in [3.63, 3.8) is 0 Å². The summed E-state index contributed by atoms with van der Waals surface area (Å²) in [5, 5.41) is 0. The molecule has 2 unspecified atom stereocenters. The molecule has 0 aromatic carbocycles. The van der Waals surface area contributed by atoms with E-state index in [0.29, 0.717) is 15.8 Å². The standard InChI is InChI=1S/C16H36P2/c1-5-7-9-11-13-17(3)15-16-18(4)14-12-10-8-6-2/h5-16H2,1-4H3. The second kappa shape index (κ2) is 14.3. The zero-order valence-corrected chi connectivity index (χ0v) is 15.2. The van der Waals surface area contributed by atoms with Gasteiger partial charge < -0.3 is 0 Å². The van der Waals surface area contributed by atoms with Crippen LogP contribution in [-0.2, 0) is 0 Å². The van der Waals surface area contributed by atoms with E-state index in [1.54, 1.807) is 12.3 Å². The molecule has 0 rings (SSSR count). The normalized spacial score (nSPS) is 14.7. The first-order chi connectivity index (χ1) is 8.70. The minimum absolute atomic E-state index is 0.365. The van der Waals surface area contributed by atoms with Gasteiger partial charge in [-0.05, 0) is 50.8 Å². The van der Waals surface area contributed by atoms with E-state index in [2.05, 4.69) is 27.2 Å². The summed E-state index contributed by atoms with van der Waals surface area (Å²) in [5.41, 5.74) is 0. The van der Waals surface area contributed by atoms with Crippen molar-refractivity contribution >= 4 is 15.8 Å². The minimum Gasteiger partial charge on any atom is -0.110 e. The summed E-state index contributed by atoms with van der Waals surface area (Å²) in [6.07, 6.45) is 17.8. The molecule has 0 aliphatic heterocycles. The molecule has 0 aliphatic rings.